The Morgan fingerprint density at radius 3 is 3.00 bits per heavy atom. The van der Waals surface area contributed by atoms with Gasteiger partial charge in [-0.3, -0.25) is 0 Å². The zero-order valence-electron chi connectivity index (χ0n) is 10.2. The summed E-state index contributed by atoms with van der Waals surface area (Å²) in [6, 6.07) is 3.05. The minimum absolute atomic E-state index is 0.0389. The van der Waals surface area contributed by atoms with Crippen LogP contribution in [0.2, 0.25) is 0 Å². The standard InChI is InChI=1S/C11H17N3O3S/c1-17-9-4-3-7-14(8-9)18(15,16)10-5-2-6-13-11(10)12/h2,5-6,9H,3-4,7-8H2,1H3,(H2,12,13). The first-order chi connectivity index (χ1) is 8.55. The van der Waals surface area contributed by atoms with Gasteiger partial charge in [-0.2, -0.15) is 4.31 Å². The molecule has 0 radical (unpaired) electrons. The number of piperidine rings is 1. The van der Waals surface area contributed by atoms with E-state index in [2.05, 4.69) is 4.98 Å². The normalized spacial score (nSPS) is 21.9. The maximum Gasteiger partial charge on any atom is 0.246 e. The topological polar surface area (TPSA) is 85.5 Å². The Bertz CT molecular complexity index is 518. The molecule has 1 aliphatic heterocycles. The first kappa shape index (κ1) is 13.3. The van der Waals surface area contributed by atoms with Crippen molar-refractivity contribution in [1.82, 2.24) is 9.29 Å². The molecule has 1 atom stereocenters. The summed E-state index contributed by atoms with van der Waals surface area (Å²) < 4.78 is 31.5. The van der Waals surface area contributed by atoms with Gasteiger partial charge in [0.2, 0.25) is 10.0 Å². The van der Waals surface area contributed by atoms with Crippen LogP contribution in [0, 0.1) is 0 Å². The summed E-state index contributed by atoms with van der Waals surface area (Å²) >= 11 is 0. The summed E-state index contributed by atoms with van der Waals surface area (Å²) in [6.07, 6.45) is 3.09. The van der Waals surface area contributed by atoms with Crippen molar-refractivity contribution in [2.75, 3.05) is 25.9 Å². The number of nitrogens with zero attached hydrogens (tertiary/aromatic N) is 2. The van der Waals surface area contributed by atoms with Crippen LogP contribution in [0.4, 0.5) is 5.82 Å². The first-order valence-corrected chi connectivity index (χ1v) is 7.23. The molecule has 1 fully saturated rings. The second kappa shape index (κ2) is 5.21. The van der Waals surface area contributed by atoms with Gasteiger partial charge in [0, 0.05) is 26.4 Å². The molecule has 0 spiro atoms. The van der Waals surface area contributed by atoms with Crippen LogP contribution in [0.3, 0.4) is 0 Å². The lowest BCUT2D eigenvalue weighted by molar-refractivity contribution is 0.0572. The molecule has 0 amide bonds. The number of aromatic nitrogens is 1. The van der Waals surface area contributed by atoms with Crippen LogP contribution >= 0.6 is 0 Å². The molecule has 18 heavy (non-hydrogen) atoms. The van der Waals surface area contributed by atoms with Gasteiger partial charge in [-0.1, -0.05) is 0 Å². The lowest BCUT2D eigenvalue weighted by Crippen LogP contribution is -2.43. The van der Waals surface area contributed by atoms with Gasteiger partial charge in [-0.15, -0.1) is 0 Å². The molecular weight excluding hydrogens is 254 g/mol. The molecule has 7 heteroatoms. The number of anilines is 1. The summed E-state index contributed by atoms with van der Waals surface area (Å²) in [5.74, 6) is 0.0389. The van der Waals surface area contributed by atoms with Gasteiger partial charge in [0.15, 0.2) is 0 Å². The molecule has 2 heterocycles. The fourth-order valence-corrected chi connectivity index (χ4v) is 3.65. The van der Waals surface area contributed by atoms with Crippen LogP contribution in [-0.2, 0) is 14.8 Å². The van der Waals surface area contributed by atoms with E-state index in [0.29, 0.717) is 13.1 Å². The monoisotopic (exact) mass is 271 g/mol. The number of ether oxygens (including phenoxy) is 1. The van der Waals surface area contributed by atoms with Crippen LogP contribution < -0.4 is 5.73 Å². The van der Waals surface area contributed by atoms with Crippen molar-refractivity contribution in [3.8, 4) is 0 Å². The van der Waals surface area contributed by atoms with E-state index in [9.17, 15) is 8.42 Å². The number of pyridine rings is 1. The highest BCUT2D eigenvalue weighted by Crippen LogP contribution is 2.24. The molecule has 0 saturated carbocycles. The molecule has 0 aliphatic carbocycles. The number of rotatable bonds is 3. The van der Waals surface area contributed by atoms with E-state index in [-0.39, 0.29) is 16.8 Å². The molecule has 1 aromatic heterocycles. The number of nitrogen functional groups attached to an aromatic ring is 1. The molecule has 2 rings (SSSR count). The highest BCUT2D eigenvalue weighted by Gasteiger charge is 2.31. The number of sulfonamides is 1. The molecule has 2 N–H and O–H groups in total. The fourth-order valence-electron chi connectivity index (χ4n) is 2.08. The average Bonchev–Trinajstić information content (AvgIpc) is 2.39. The van der Waals surface area contributed by atoms with E-state index in [1.54, 1.807) is 13.2 Å². The molecule has 0 aromatic carbocycles. The largest absolute Gasteiger partial charge is 0.383 e. The van der Waals surface area contributed by atoms with Crippen LogP contribution in [0.25, 0.3) is 0 Å². The quantitative estimate of drug-likeness (QED) is 0.863. The van der Waals surface area contributed by atoms with E-state index >= 15 is 0 Å². The third-order valence-electron chi connectivity index (χ3n) is 3.09. The summed E-state index contributed by atoms with van der Waals surface area (Å²) in [6.45, 7) is 0.865. The number of hydrogen-bond donors (Lipinski definition) is 1. The van der Waals surface area contributed by atoms with E-state index in [4.69, 9.17) is 10.5 Å². The van der Waals surface area contributed by atoms with Crippen molar-refractivity contribution in [1.29, 1.82) is 0 Å². The molecule has 6 nitrogen and oxygen atoms in total. The maximum absolute atomic E-state index is 12.4. The van der Waals surface area contributed by atoms with E-state index in [0.717, 1.165) is 12.8 Å². The third kappa shape index (κ3) is 2.47. The van der Waals surface area contributed by atoms with Crippen LogP contribution in [0.1, 0.15) is 12.8 Å². The number of methoxy groups -OCH3 is 1. The summed E-state index contributed by atoms with van der Waals surface area (Å²) in [4.78, 5) is 3.89. The van der Waals surface area contributed by atoms with E-state index in [1.807, 2.05) is 0 Å². The predicted molar refractivity (Wildman–Crippen MR) is 67.4 cm³/mol. The minimum atomic E-state index is -3.57. The van der Waals surface area contributed by atoms with Gasteiger partial charge >= 0.3 is 0 Å². The maximum atomic E-state index is 12.4. The molecule has 0 bridgehead atoms. The molecule has 100 valence electrons. The molecule has 1 saturated heterocycles. The Hall–Kier alpha value is -1.18. The Morgan fingerprint density at radius 2 is 2.33 bits per heavy atom. The van der Waals surface area contributed by atoms with Gasteiger partial charge in [-0.25, -0.2) is 13.4 Å². The van der Waals surface area contributed by atoms with Gasteiger partial charge in [0.1, 0.15) is 10.7 Å². The van der Waals surface area contributed by atoms with Gasteiger partial charge < -0.3 is 10.5 Å². The third-order valence-corrected chi connectivity index (χ3v) is 5.00. The fraction of sp³-hybridized carbons (Fsp3) is 0.545. The van der Waals surface area contributed by atoms with Crippen molar-refractivity contribution in [3.63, 3.8) is 0 Å². The van der Waals surface area contributed by atoms with E-state index in [1.165, 1.54) is 16.6 Å². The Morgan fingerprint density at radius 1 is 1.56 bits per heavy atom. The highest BCUT2D eigenvalue weighted by molar-refractivity contribution is 7.89. The van der Waals surface area contributed by atoms with Crippen LogP contribution in [0.5, 0.6) is 0 Å². The van der Waals surface area contributed by atoms with Crippen molar-refractivity contribution >= 4 is 15.8 Å². The van der Waals surface area contributed by atoms with Crippen LogP contribution in [0.15, 0.2) is 23.2 Å². The van der Waals surface area contributed by atoms with Crippen molar-refractivity contribution in [2.24, 2.45) is 0 Å². The van der Waals surface area contributed by atoms with Crippen LogP contribution in [-0.4, -0.2) is 44.0 Å². The van der Waals surface area contributed by atoms with Crippen molar-refractivity contribution < 1.29 is 13.2 Å². The predicted octanol–water partition coefficient (Wildman–Crippen LogP) is 0.463. The Kier molecular flexibility index (Phi) is 3.84. The summed E-state index contributed by atoms with van der Waals surface area (Å²) in [5.41, 5.74) is 5.63. The van der Waals surface area contributed by atoms with Crippen molar-refractivity contribution in [2.45, 2.75) is 23.8 Å². The molecular formula is C11H17N3O3S. The number of nitrogens with two attached hydrogens (primary N) is 1. The SMILES string of the molecule is COC1CCCN(S(=O)(=O)c2cccnc2N)C1. The van der Waals surface area contributed by atoms with E-state index < -0.39 is 10.0 Å². The smallest absolute Gasteiger partial charge is 0.246 e. The summed E-state index contributed by atoms with van der Waals surface area (Å²) in [5, 5.41) is 0. The summed E-state index contributed by atoms with van der Waals surface area (Å²) in [7, 11) is -1.97. The second-order valence-electron chi connectivity index (χ2n) is 4.25. The van der Waals surface area contributed by atoms with Gasteiger partial charge in [0.05, 0.1) is 6.10 Å². The lowest BCUT2D eigenvalue weighted by Gasteiger charge is -2.31. The molecule has 1 aromatic rings. The lowest BCUT2D eigenvalue weighted by atomic mass is 10.1. The van der Waals surface area contributed by atoms with Gasteiger partial charge in [0.25, 0.3) is 0 Å². The second-order valence-corrected chi connectivity index (χ2v) is 6.16. The number of hydrogen-bond acceptors (Lipinski definition) is 5. The van der Waals surface area contributed by atoms with Crippen molar-refractivity contribution in [3.05, 3.63) is 18.3 Å². The zero-order valence-corrected chi connectivity index (χ0v) is 11.1. The average molecular weight is 271 g/mol. The Labute approximate surface area is 107 Å². The Balaban J connectivity index is 2.29. The molecule has 1 aliphatic rings. The molecule has 1 unspecified atom stereocenters. The van der Waals surface area contributed by atoms with Gasteiger partial charge in [-0.05, 0) is 25.0 Å². The first-order valence-electron chi connectivity index (χ1n) is 5.79. The zero-order chi connectivity index (χ0) is 13.2. The minimum Gasteiger partial charge on any atom is -0.383 e. The highest BCUT2D eigenvalue weighted by atomic mass is 32.2.